The summed E-state index contributed by atoms with van der Waals surface area (Å²) < 4.78 is 23.3. The number of rotatable bonds is 5. The number of benzene rings is 1. The third kappa shape index (κ3) is 3.93. The van der Waals surface area contributed by atoms with Gasteiger partial charge in [-0.05, 0) is 17.7 Å². The Morgan fingerprint density at radius 1 is 1.37 bits per heavy atom. The first-order valence-corrected chi connectivity index (χ1v) is 7.45. The highest BCUT2D eigenvalue weighted by molar-refractivity contribution is 7.91. The molecule has 7 heteroatoms. The highest BCUT2D eigenvalue weighted by Gasteiger charge is 2.15. The van der Waals surface area contributed by atoms with Crippen LogP contribution in [0.3, 0.4) is 0 Å². The van der Waals surface area contributed by atoms with Crippen LogP contribution in [0, 0.1) is 0 Å². The van der Waals surface area contributed by atoms with Crippen molar-refractivity contribution in [3.8, 4) is 0 Å². The molecule has 1 rings (SSSR count). The second-order valence-electron chi connectivity index (χ2n) is 4.24. The molecule has 0 heterocycles. The Labute approximate surface area is 112 Å². The van der Waals surface area contributed by atoms with Gasteiger partial charge in [0, 0.05) is 19.6 Å². The van der Waals surface area contributed by atoms with Gasteiger partial charge in [0.2, 0.25) is 0 Å². The lowest BCUT2D eigenvalue weighted by molar-refractivity contribution is 0.153. The number of hydrogen-bond donors (Lipinski definition) is 2. The molecule has 0 saturated carbocycles. The summed E-state index contributed by atoms with van der Waals surface area (Å²) in [6.07, 6.45) is -1.05. The number of carboxylic acid groups (broad SMARTS) is 1. The van der Waals surface area contributed by atoms with Crippen molar-refractivity contribution >= 4 is 15.9 Å². The Hall–Kier alpha value is -1.60. The number of sulfone groups is 1. The summed E-state index contributed by atoms with van der Waals surface area (Å²) in [5, 5.41) is 8.75. The van der Waals surface area contributed by atoms with E-state index in [0.29, 0.717) is 5.56 Å². The van der Waals surface area contributed by atoms with Gasteiger partial charge in [0.05, 0.1) is 10.6 Å². The lowest BCUT2D eigenvalue weighted by Crippen LogP contribution is -2.32. The molecule has 1 aromatic rings. The maximum atomic E-state index is 11.6. The Bertz CT molecular complexity index is 539. The maximum Gasteiger partial charge on any atom is 0.407 e. The standard InChI is InChI=1S/C12H18N2O4S/c1-3-19(17,18)10-6-4-9(5-7-10)11(13)8-14(2)12(15)16/h4-7,11H,3,8,13H2,1-2H3,(H,15,16)/t11-/m0/s1. The molecular formula is C12H18N2O4S. The molecule has 0 aromatic heterocycles. The molecule has 0 aliphatic heterocycles. The molecule has 1 aromatic carbocycles. The zero-order valence-corrected chi connectivity index (χ0v) is 11.7. The predicted octanol–water partition coefficient (Wildman–Crippen LogP) is 1.09. The number of likely N-dealkylation sites (N-methyl/N-ethyl adjacent to an activating group) is 1. The van der Waals surface area contributed by atoms with Crippen molar-refractivity contribution in [2.24, 2.45) is 5.73 Å². The molecule has 0 aliphatic rings. The van der Waals surface area contributed by atoms with Crippen LogP contribution in [0.1, 0.15) is 18.5 Å². The van der Waals surface area contributed by atoms with Crippen molar-refractivity contribution in [2.75, 3.05) is 19.3 Å². The van der Waals surface area contributed by atoms with E-state index in [2.05, 4.69) is 0 Å². The molecule has 0 saturated heterocycles. The number of carbonyl (C=O) groups is 1. The van der Waals surface area contributed by atoms with Gasteiger partial charge in [-0.3, -0.25) is 0 Å². The minimum atomic E-state index is -3.22. The number of nitrogens with two attached hydrogens (primary N) is 1. The van der Waals surface area contributed by atoms with Crippen molar-refractivity contribution in [1.82, 2.24) is 4.90 Å². The van der Waals surface area contributed by atoms with Crippen LogP contribution >= 0.6 is 0 Å². The van der Waals surface area contributed by atoms with Crippen LogP contribution in [0.4, 0.5) is 4.79 Å². The summed E-state index contributed by atoms with van der Waals surface area (Å²) in [5.74, 6) is 0.0418. The fraction of sp³-hybridized carbons (Fsp3) is 0.417. The third-order valence-electron chi connectivity index (χ3n) is 2.84. The molecule has 1 amide bonds. The van der Waals surface area contributed by atoms with E-state index in [9.17, 15) is 13.2 Å². The van der Waals surface area contributed by atoms with Gasteiger partial charge in [0.15, 0.2) is 9.84 Å². The van der Waals surface area contributed by atoms with Gasteiger partial charge in [0.25, 0.3) is 0 Å². The lowest BCUT2D eigenvalue weighted by atomic mass is 10.1. The van der Waals surface area contributed by atoms with Crippen LogP contribution in [0.15, 0.2) is 29.2 Å². The van der Waals surface area contributed by atoms with Crippen LogP contribution in [-0.4, -0.2) is 43.9 Å². The number of hydrogen-bond acceptors (Lipinski definition) is 4. The lowest BCUT2D eigenvalue weighted by Gasteiger charge is -2.19. The molecule has 6 nitrogen and oxygen atoms in total. The SMILES string of the molecule is CCS(=O)(=O)c1ccc([C@@H](N)CN(C)C(=O)O)cc1. The fourth-order valence-corrected chi connectivity index (χ4v) is 2.45. The zero-order valence-electron chi connectivity index (χ0n) is 10.9. The average Bonchev–Trinajstić information content (AvgIpc) is 2.38. The summed E-state index contributed by atoms with van der Waals surface area (Å²) in [6.45, 7) is 1.73. The molecule has 0 bridgehead atoms. The molecule has 0 unspecified atom stereocenters. The quantitative estimate of drug-likeness (QED) is 0.843. The summed E-state index contributed by atoms with van der Waals surface area (Å²) >= 11 is 0. The second-order valence-corrected chi connectivity index (χ2v) is 6.52. The molecule has 19 heavy (non-hydrogen) atoms. The van der Waals surface area contributed by atoms with Crippen molar-refractivity contribution in [1.29, 1.82) is 0 Å². The van der Waals surface area contributed by atoms with E-state index < -0.39 is 22.0 Å². The van der Waals surface area contributed by atoms with Gasteiger partial charge in [-0.25, -0.2) is 13.2 Å². The van der Waals surface area contributed by atoms with Gasteiger partial charge >= 0.3 is 6.09 Å². The minimum absolute atomic E-state index is 0.0418. The second kappa shape index (κ2) is 6.03. The maximum absolute atomic E-state index is 11.6. The van der Waals surface area contributed by atoms with Gasteiger partial charge in [0.1, 0.15) is 0 Å². The normalized spacial score (nSPS) is 13.0. The van der Waals surface area contributed by atoms with Gasteiger partial charge in [-0.15, -0.1) is 0 Å². The largest absolute Gasteiger partial charge is 0.465 e. The van der Waals surface area contributed by atoms with Gasteiger partial charge < -0.3 is 15.7 Å². The topological polar surface area (TPSA) is 101 Å². The monoisotopic (exact) mass is 286 g/mol. The number of nitrogens with zero attached hydrogens (tertiary/aromatic N) is 1. The van der Waals surface area contributed by atoms with E-state index in [1.165, 1.54) is 19.2 Å². The van der Waals surface area contributed by atoms with E-state index in [1.54, 1.807) is 19.1 Å². The van der Waals surface area contributed by atoms with E-state index >= 15 is 0 Å². The molecule has 0 fully saturated rings. The first-order valence-electron chi connectivity index (χ1n) is 5.80. The van der Waals surface area contributed by atoms with Crippen LogP contribution in [-0.2, 0) is 9.84 Å². The Morgan fingerprint density at radius 2 is 1.89 bits per heavy atom. The smallest absolute Gasteiger partial charge is 0.407 e. The average molecular weight is 286 g/mol. The van der Waals surface area contributed by atoms with E-state index in [1.807, 2.05) is 0 Å². The van der Waals surface area contributed by atoms with Crippen molar-refractivity contribution in [3.63, 3.8) is 0 Å². The van der Waals surface area contributed by atoms with Crippen molar-refractivity contribution < 1.29 is 18.3 Å². The summed E-state index contributed by atoms with van der Waals surface area (Å²) in [6, 6.07) is 5.73. The van der Waals surface area contributed by atoms with Crippen molar-refractivity contribution in [2.45, 2.75) is 17.9 Å². The van der Waals surface area contributed by atoms with Crippen LogP contribution in [0.25, 0.3) is 0 Å². The first-order chi connectivity index (χ1) is 8.77. The van der Waals surface area contributed by atoms with Gasteiger partial charge in [-0.1, -0.05) is 19.1 Å². The van der Waals surface area contributed by atoms with Crippen LogP contribution in [0.5, 0.6) is 0 Å². The zero-order chi connectivity index (χ0) is 14.6. The third-order valence-corrected chi connectivity index (χ3v) is 4.59. The number of amides is 1. The first kappa shape index (κ1) is 15.5. The molecule has 0 spiro atoms. The van der Waals surface area contributed by atoms with Gasteiger partial charge in [-0.2, -0.15) is 0 Å². The molecular weight excluding hydrogens is 268 g/mol. The summed E-state index contributed by atoms with van der Waals surface area (Å²) in [4.78, 5) is 12.0. The van der Waals surface area contributed by atoms with Crippen LogP contribution < -0.4 is 5.73 Å². The molecule has 0 aliphatic carbocycles. The summed E-state index contributed by atoms with van der Waals surface area (Å²) in [5.41, 5.74) is 6.57. The molecule has 3 N–H and O–H groups in total. The highest BCUT2D eigenvalue weighted by Crippen LogP contribution is 2.16. The van der Waals surface area contributed by atoms with E-state index in [-0.39, 0.29) is 17.2 Å². The molecule has 1 atom stereocenters. The highest BCUT2D eigenvalue weighted by atomic mass is 32.2. The van der Waals surface area contributed by atoms with Crippen molar-refractivity contribution in [3.05, 3.63) is 29.8 Å². The fourth-order valence-electron chi connectivity index (χ4n) is 1.57. The Morgan fingerprint density at radius 3 is 2.32 bits per heavy atom. The molecule has 0 radical (unpaired) electrons. The Balaban J connectivity index is 2.85. The minimum Gasteiger partial charge on any atom is -0.465 e. The molecule has 106 valence electrons. The predicted molar refractivity (Wildman–Crippen MR) is 71.8 cm³/mol. The summed E-state index contributed by atoms with van der Waals surface area (Å²) in [7, 11) is -1.79. The Kier molecular flexibility index (Phi) is 4.90. The van der Waals surface area contributed by atoms with E-state index in [0.717, 1.165) is 4.90 Å². The van der Waals surface area contributed by atoms with Crippen LogP contribution in [0.2, 0.25) is 0 Å². The van der Waals surface area contributed by atoms with E-state index in [4.69, 9.17) is 10.8 Å².